The van der Waals surface area contributed by atoms with E-state index in [1.165, 1.54) is 4.31 Å². The van der Waals surface area contributed by atoms with Crippen molar-refractivity contribution < 1.29 is 21.6 Å². The number of rotatable bonds is 5. The SMILES string of the molecule is CCN(CC)S(=O)(=O)NC1CCCC(C(F)(F)F)C1. The first-order valence-electron chi connectivity index (χ1n) is 6.54. The van der Waals surface area contributed by atoms with Gasteiger partial charge in [0.15, 0.2) is 0 Å². The van der Waals surface area contributed by atoms with Gasteiger partial charge < -0.3 is 0 Å². The lowest BCUT2D eigenvalue weighted by atomic mass is 9.86. The molecule has 0 saturated heterocycles. The van der Waals surface area contributed by atoms with E-state index in [-0.39, 0.29) is 12.8 Å². The lowest BCUT2D eigenvalue weighted by Gasteiger charge is -2.32. The fourth-order valence-corrected chi connectivity index (χ4v) is 3.91. The molecule has 0 aromatic carbocycles. The normalized spacial score (nSPS) is 25.8. The lowest BCUT2D eigenvalue weighted by molar-refractivity contribution is -0.183. The van der Waals surface area contributed by atoms with Crippen molar-refractivity contribution in [1.29, 1.82) is 0 Å². The molecule has 1 rings (SSSR count). The monoisotopic (exact) mass is 302 g/mol. The Labute approximate surface area is 112 Å². The summed E-state index contributed by atoms with van der Waals surface area (Å²) in [7, 11) is -3.68. The van der Waals surface area contributed by atoms with Crippen LogP contribution in [0.5, 0.6) is 0 Å². The molecular formula is C11H21F3N2O2S. The number of nitrogens with zero attached hydrogens (tertiary/aromatic N) is 1. The van der Waals surface area contributed by atoms with E-state index in [0.29, 0.717) is 25.9 Å². The smallest absolute Gasteiger partial charge is 0.199 e. The largest absolute Gasteiger partial charge is 0.391 e. The van der Waals surface area contributed by atoms with E-state index in [1.807, 2.05) is 0 Å². The van der Waals surface area contributed by atoms with Crippen LogP contribution in [0.1, 0.15) is 39.5 Å². The summed E-state index contributed by atoms with van der Waals surface area (Å²) >= 11 is 0. The molecule has 2 unspecified atom stereocenters. The molecule has 2 atom stereocenters. The van der Waals surface area contributed by atoms with Crippen LogP contribution in [0, 0.1) is 5.92 Å². The molecule has 0 bridgehead atoms. The van der Waals surface area contributed by atoms with Crippen molar-refractivity contribution in [2.75, 3.05) is 13.1 Å². The third-order valence-electron chi connectivity index (χ3n) is 3.50. The second-order valence-electron chi connectivity index (χ2n) is 4.81. The molecule has 0 aromatic heterocycles. The van der Waals surface area contributed by atoms with Gasteiger partial charge in [-0.05, 0) is 19.3 Å². The number of nitrogens with one attached hydrogen (secondary N) is 1. The maximum Gasteiger partial charge on any atom is 0.391 e. The van der Waals surface area contributed by atoms with Gasteiger partial charge in [0, 0.05) is 19.1 Å². The van der Waals surface area contributed by atoms with Gasteiger partial charge in [-0.3, -0.25) is 0 Å². The number of halogens is 3. The maximum absolute atomic E-state index is 12.7. The first kappa shape index (κ1) is 16.7. The number of hydrogen-bond donors (Lipinski definition) is 1. The van der Waals surface area contributed by atoms with Crippen LogP contribution in [0.15, 0.2) is 0 Å². The topological polar surface area (TPSA) is 49.4 Å². The number of alkyl halides is 3. The van der Waals surface area contributed by atoms with E-state index < -0.39 is 28.3 Å². The molecule has 0 aromatic rings. The predicted octanol–water partition coefficient (Wildman–Crippen LogP) is 2.28. The molecule has 1 aliphatic carbocycles. The summed E-state index contributed by atoms with van der Waals surface area (Å²) in [4.78, 5) is 0. The quantitative estimate of drug-likeness (QED) is 0.847. The van der Waals surface area contributed by atoms with Gasteiger partial charge in [-0.25, -0.2) is 0 Å². The molecule has 114 valence electrons. The van der Waals surface area contributed by atoms with Crippen LogP contribution in [0.4, 0.5) is 13.2 Å². The van der Waals surface area contributed by atoms with E-state index in [4.69, 9.17) is 0 Å². The van der Waals surface area contributed by atoms with Gasteiger partial charge in [0.25, 0.3) is 10.2 Å². The highest BCUT2D eigenvalue weighted by molar-refractivity contribution is 7.87. The highest BCUT2D eigenvalue weighted by atomic mass is 32.2. The van der Waals surface area contributed by atoms with Crippen LogP contribution in [0.3, 0.4) is 0 Å². The van der Waals surface area contributed by atoms with Crippen molar-refractivity contribution in [3.8, 4) is 0 Å². The molecule has 1 saturated carbocycles. The van der Waals surface area contributed by atoms with Crippen molar-refractivity contribution in [1.82, 2.24) is 9.03 Å². The predicted molar refractivity (Wildman–Crippen MR) is 66.8 cm³/mol. The van der Waals surface area contributed by atoms with Gasteiger partial charge in [0.2, 0.25) is 0 Å². The van der Waals surface area contributed by atoms with Crippen LogP contribution >= 0.6 is 0 Å². The van der Waals surface area contributed by atoms with Crippen LogP contribution in [0.2, 0.25) is 0 Å². The van der Waals surface area contributed by atoms with Gasteiger partial charge in [0.05, 0.1) is 5.92 Å². The zero-order valence-corrected chi connectivity index (χ0v) is 12.0. The van der Waals surface area contributed by atoms with Gasteiger partial charge in [0.1, 0.15) is 0 Å². The molecule has 0 amide bonds. The Morgan fingerprint density at radius 1 is 1.21 bits per heavy atom. The number of hydrogen-bond acceptors (Lipinski definition) is 2. The zero-order valence-electron chi connectivity index (χ0n) is 11.2. The summed E-state index contributed by atoms with van der Waals surface area (Å²) in [5.41, 5.74) is 0. The Kier molecular flexibility index (Phi) is 5.64. The minimum atomic E-state index is -4.24. The Bertz CT molecular complexity index is 380. The summed E-state index contributed by atoms with van der Waals surface area (Å²) in [6.07, 6.45) is -3.45. The molecule has 0 heterocycles. The van der Waals surface area contributed by atoms with Crippen LogP contribution in [0.25, 0.3) is 0 Å². The average Bonchev–Trinajstić information content (AvgIpc) is 2.28. The van der Waals surface area contributed by atoms with Crippen molar-refractivity contribution in [2.24, 2.45) is 5.92 Å². The summed E-state index contributed by atoms with van der Waals surface area (Å²) < 4.78 is 65.5. The third kappa shape index (κ3) is 4.61. The Morgan fingerprint density at radius 2 is 1.79 bits per heavy atom. The Hall–Kier alpha value is -0.340. The van der Waals surface area contributed by atoms with E-state index in [1.54, 1.807) is 13.8 Å². The van der Waals surface area contributed by atoms with Gasteiger partial charge >= 0.3 is 6.18 Å². The fraction of sp³-hybridized carbons (Fsp3) is 1.00. The Balaban J connectivity index is 2.67. The Morgan fingerprint density at radius 3 is 2.26 bits per heavy atom. The summed E-state index contributed by atoms with van der Waals surface area (Å²) in [5, 5.41) is 0. The molecule has 0 radical (unpaired) electrons. The van der Waals surface area contributed by atoms with Crippen molar-refractivity contribution >= 4 is 10.2 Å². The highest BCUT2D eigenvalue weighted by Gasteiger charge is 2.43. The lowest BCUT2D eigenvalue weighted by Crippen LogP contribution is -2.47. The van der Waals surface area contributed by atoms with Crippen LogP contribution < -0.4 is 4.72 Å². The van der Waals surface area contributed by atoms with Crippen molar-refractivity contribution in [2.45, 2.75) is 51.7 Å². The molecule has 1 aliphatic rings. The zero-order chi connectivity index (χ0) is 14.7. The summed E-state index contributed by atoms with van der Waals surface area (Å²) in [6.45, 7) is 4.01. The third-order valence-corrected chi connectivity index (χ3v) is 5.33. The molecule has 8 heteroatoms. The van der Waals surface area contributed by atoms with Crippen molar-refractivity contribution in [3.05, 3.63) is 0 Å². The molecule has 1 N–H and O–H groups in total. The second-order valence-corrected chi connectivity index (χ2v) is 6.51. The summed E-state index contributed by atoms with van der Waals surface area (Å²) in [6, 6.07) is -0.619. The van der Waals surface area contributed by atoms with E-state index in [0.717, 1.165) is 0 Å². The molecular weight excluding hydrogens is 281 g/mol. The van der Waals surface area contributed by atoms with Crippen molar-refractivity contribution in [3.63, 3.8) is 0 Å². The molecule has 1 fully saturated rings. The molecule has 19 heavy (non-hydrogen) atoms. The highest BCUT2D eigenvalue weighted by Crippen LogP contribution is 2.37. The van der Waals surface area contributed by atoms with Crippen LogP contribution in [-0.2, 0) is 10.2 Å². The average molecular weight is 302 g/mol. The standard InChI is InChI=1S/C11H21F3N2O2S/c1-3-16(4-2)19(17,18)15-10-7-5-6-9(8-10)11(12,13)14/h9-10,15H,3-8H2,1-2H3. The maximum atomic E-state index is 12.7. The minimum Gasteiger partial charge on any atom is -0.199 e. The van der Waals surface area contributed by atoms with Crippen LogP contribution in [-0.4, -0.2) is 38.0 Å². The van der Waals surface area contributed by atoms with Gasteiger partial charge in [-0.1, -0.05) is 20.3 Å². The molecule has 0 spiro atoms. The molecule has 0 aliphatic heterocycles. The van der Waals surface area contributed by atoms with E-state index in [2.05, 4.69) is 4.72 Å². The minimum absolute atomic E-state index is 0.0903. The summed E-state index contributed by atoms with van der Waals surface area (Å²) in [5.74, 6) is -1.40. The van der Waals surface area contributed by atoms with Gasteiger partial charge in [-0.15, -0.1) is 0 Å². The molecule has 4 nitrogen and oxygen atoms in total. The second kappa shape index (κ2) is 6.41. The first-order chi connectivity index (χ1) is 8.70. The van der Waals surface area contributed by atoms with E-state index in [9.17, 15) is 21.6 Å². The fourth-order valence-electron chi connectivity index (χ4n) is 2.44. The van der Waals surface area contributed by atoms with Gasteiger partial charge in [-0.2, -0.15) is 30.6 Å². The first-order valence-corrected chi connectivity index (χ1v) is 7.98. The van der Waals surface area contributed by atoms with E-state index >= 15 is 0 Å².